The van der Waals surface area contributed by atoms with Gasteiger partial charge in [0.1, 0.15) is 0 Å². The lowest BCUT2D eigenvalue weighted by atomic mass is 10.1. The second-order valence-electron chi connectivity index (χ2n) is 7.62. The number of aryl methyl sites for hydroxylation is 2. The maximum atomic E-state index is 12.2. The number of aromatic nitrogens is 1. The van der Waals surface area contributed by atoms with Gasteiger partial charge in [-0.3, -0.25) is 9.69 Å². The molecule has 0 spiro atoms. The molecule has 1 aliphatic rings. The molecule has 1 saturated heterocycles. The van der Waals surface area contributed by atoms with Gasteiger partial charge in [0.2, 0.25) is 0 Å². The normalized spacial score (nSPS) is 14.2. The first-order valence-electron chi connectivity index (χ1n) is 10.2. The van der Waals surface area contributed by atoms with Gasteiger partial charge in [0, 0.05) is 44.8 Å². The fourth-order valence-electron chi connectivity index (χ4n) is 3.64. The van der Waals surface area contributed by atoms with E-state index in [9.17, 15) is 4.79 Å². The van der Waals surface area contributed by atoms with E-state index >= 15 is 0 Å². The van der Waals surface area contributed by atoms with Crippen molar-refractivity contribution in [3.05, 3.63) is 58.7 Å². The third-order valence-corrected chi connectivity index (χ3v) is 6.79. The van der Waals surface area contributed by atoms with Gasteiger partial charge in [-0.2, -0.15) is 5.26 Å². The number of piperazine rings is 1. The summed E-state index contributed by atoms with van der Waals surface area (Å²) in [6.45, 7) is 9.52. The number of benzene rings is 2. The molecule has 1 fully saturated rings. The van der Waals surface area contributed by atoms with Crippen molar-refractivity contribution in [3.63, 3.8) is 0 Å². The van der Waals surface area contributed by atoms with Gasteiger partial charge in [0.25, 0.3) is 5.91 Å². The van der Waals surface area contributed by atoms with Crippen molar-refractivity contribution in [2.75, 3.05) is 44.2 Å². The van der Waals surface area contributed by atoms with E-state index in [4.69, 9.17) is 10.2 Å². The highest BCUT2D eigenvalue weighted by molar-refractivity contribution is 7.22. The minimum Gasteiger partial charge on any atom is -0.351 e. The summed E-state index contributed by atoms with van der Waals surface area (Å²) in [7, 11) is 0. The van der Waals surface area contributed by atoms with Crippen LogP contribution in [0.5, 0.6) is 0 Å². The molecule has 0 bridgehead atoms. The zero-order valence-electron chi connectivity index (χ0n) is 17.7. The number of rotatable bonds is 5. The zero-order valence-corrected chi connectivity index (χ0v) is 19.4. The van der Waals surface area contributed by atoms with Crippen LogP contribution in [0.15, 0.2) is 36.4 Å². The predicted octanol–water partition coefficient (Wildman–Crippen LogP) is 3.76. The maximum absolute atomic E-state index is 12.2. The van der Waals surface area contributed by atoms with Crippen molar-refractivity contribution in [1.29, 1.82) is 5.26 Å². The topological polar surface area (TPSA) is 72.3 Å². The van der Waals surface area contributed by atoms with Gasteiger partial charge < -0.3 is 10.2 Å². The lowest BCUT2D eigenvalue weighted by Crippen LogP contribution is -2.48. The van der Waals surface area contributed by atoms with Crippen molar-refractivity contribution in [2.45, 2.75) is 13.8 Å². The number of nitrogens with zero attached hydrogens (tertiary/aromatic N) is 4. The Hall–Kier alpha value is -2.66. The first-order chi connectivity index (χ1) is 14.5. The van der Waals surface area contributed by atoms with Crippen LogP contribution in [0.2, 0.25) is 0 Å². The monoisotopic (exact) mass is 455 g/mol. The Labute approximate surface area is 192 Å². The van der Waals surface area contributed by atoms with Crippen LogP contribution in [-0.4, -0.2) is 55.1 Å². The van der Waals surface area contributed by atoms with E-state index in [1.54, 1.807) is 35.6 Å². The third kappa shape index (κ3) is 5.16. The number of carbonyl (C=O) groups excluding carboxylic acids is 1. The quantitative estimate of drug-likeness (QED) is 0.634. The minimum atomic E-state index is -0.0988. The molecule has 0 unspecified atom stereocenters. The summed E-state index contributed by atoms with van der Waals surface area (Å²) in [5, 5.41) is 12.9. The van der Waals surface area contributed by atoms with E-state index in [0.717, 1.165) is 43.4 Å². The molecule has 31 heavy (non-hydrogen) atoms. The third-order valence-electron chi connectivity index (χ3n) is 5.71. The largest absolute Gasteiger partial charge is 0.351 e. The Morgan fingerprint density at radius 3 is 2.52 bits per heavy atom. The molecule has 4 rings (SSSR count). The first kappa shape index (κ1) is 23.0. The van der Waals surface area contributed by atoms with Crippen molar-refractivity contribution in [1.82, 2.24) is 15.2 Å². The van der Waals surface area contributed by atoms with Crippen LogP contribution in [0.3, 0.4) is 0 Å². The van der Waals surface area contributed by atoms with Crippen LogP contribution in [0, 0.1) is 25.2 Å². The SMILES string of the molecule is Cc1ccc2sc(N3CCN(CCNC(=O)c4ccc(C#N)cc4)CC3)nc2c1C.Cl. The van der Waals surface area contributed by atoms with Gasteiger partial charge in [-0.15, -0.1) is 12.4 Å². The van der Waals surface area contributed by atoms with Crippen molar-refractivity contribution < 1.29 is 4.79 Å². The number of nitrogens with one attached hydrogen (secondary N) is 1. The fourth-order valence-corrected chi connectivity index (χ4v) is 4.71. The molecule has 2 heterocycles. The lowest BCUT2D eigenvalue weighted by Gasteiger charge is -2.34. The Morgan fingerprint density at radius 1 is 1.13 bits per heavy atom. The number of thiazole rings is 1. The van der Waals surface area contributed by atoms with Crippen LogP contribution < -0.4 is 10.2 Å². The minimum absolute atomic E-state index is 0. The van der Waals surface area contributed by atoms with Gasteiger partial charge in [-0.1, -0.05) is 17.4 Å². The summed E-state index contributed by atoms with van der Waals surface area (Å²) in [5.74, 6) is -0.0988. The van der Waals surface area contributed by atoms with E-state index in [2.05, 4.69) is 47.2 Å². The molecule has 6 nitrogen and oxygen atoms in total. The number of amides is 1. The second-order valence-corrected chi connectivity index (χ2v) is 8.63. The lowest BCUT2D eigenvalue weighted by molar-refractivity contribution is 0.0948. The van der Waals surface area contributed by atoms with E-state index in [-0.39, 0.29) is 18.3 Å². The Bertz CT molecular complexity index is 1100. The maximum Gasteiger partial charge on any atom is 0.251 e. The smallest absolute Gasteiger partial charge is 0.251 e. The fraction of sp³-hybridized carbons (Fsp3) is 0.348. The molecular formula is C23H26ClN5OS. The van der Waals surface area contributed by atoms with Gasteiger partial charge >= 0.3 is 0 Å². The second kappa shape index (κ2) is 10.1. The molecule has 162 valence electrons. The molecule has 3 aromatic rings. The van der Waals surface area contributed by atoms with Gasteiger partial charge in [-0.05, 0) is 55.3 Å². The summed E-state index contributed by atoms with van der Waals surface area (Å²) < 4.78 is 1.25. The highest BCUT2D eigenvalue weighted by atomic mass is 35.5. The molecule has 1 N–H and O–H groups in total. The first-order valence-corrected chi connectivity index (χ1v) is 11.0. The van der Waals surface area contributed by atoms with Crippen LogP contribution in [0.25, 0.3) is 10.2 Å². The van der Waals surface area contributed by atoms with E-state index in [1.165, 1.54) is 15.8 Å². The van der Waals surface area contributed by atoms with Gasteiger partial charge in [0.05, 0.1) is 21.8 Å². The molecule has 0 atom stereocenters. The van der Waals surface area contributed by atoms with Crippen LogP contribution in [0.4, 0.5) is 5.13 Å². The number of halogens is 1. The highest BCUT2D eigenvalue weighted by Gasteiger charge is 2.20. The average molecular weight is 456 g/mol. The molecular weight excluding hydrogens is 430 g/mol. The predicted molar refractivity (Wildman–Crippen MR) is 128 cm³/mol. The Kier molecular flexibility index (Phi) is 7.50. The molecule has 2 aromatic carbocycles. The molecule has 1 aliphatic heterocycles. The average Bonchev–Trinajstić information content (AvgIpc) is 3.22. The van der Waals surface area contributed by atoms with Crippen LogP contribution in [-0.2, 0) is 0 Å². The number of nitriles is 1. The summed E-state index contributed by atoms with van der Waals surface area (Å²) in [4.78, 5) is 21.9. The standard InChI is InChI=1S/C23H25N5OS.ClH/c1-16-3-8-20-21(17(16)2)26-23(30-20)28-13-11-27(12-14-28)10-9-25-22(29)19-6-4-18(15-24)5-7-19;/h3-8H,9-14H2,1-2H3,(H,25,29);1H. The number of fused-ring (bicyclic) bond motifs is 1. The molecule has 1 amide bonds. The number of hydrogen-bond donors (Lipinski definition) is 1. The highest BCUT2D eigenvalue weighted by Crippen LogP contribution is 2.32. The van der Waals surface area contributed by atoms with Gasteiger partial charge in [-0.25, -0.2) is 4.98 Å². The molecule has 0 saturated carbocycles. The van der Waals surface area contributed by atoms with Crippen molar-refractivity contribution in [2.24, 2.45) is 0 Å². The van der Waals surface area contributed by atoms with E-state index < -0.39 is 0 Å². The van der Waals surface area contributed by atoms with Crippen LogP contribution >= 0.6 is 23.7 Å². The summed E-state index contributed by atoms with van der Waals surface area (Å²) in [6, 6.07) is 13.1. The van der Waals surface area contributed by atoms with Gasteiger partial charge in [0.15, 0.2) is 5.13 Å². The van der Waals surface area contributed by atoms with E-state index in [0.29, 0.717) is 17.7 Å². The summed E-state index contributed by atoms with van der Waals surface area (Å²) >= 11 is 1.77. The number of hydrogen-bond acceptors (Lipinski definition) is 6. The summed E-state index contributed by atoms with van der Waals surface area (Å²) in [6.07, 6.45) is 0. The van der Waals surface area contributed by atoms with Crippen LogP contribution in [0.1, 0.15) is 27.0 Å². The van der Waals surface area contributed by atoms with Crippen molar-refractivity contribution >= 4 is 45.0 Å². The van der Waals surface area contributed by atoms with E-state index in [1.807, 2.05) is 0 Å². The Balaban J connectivity index is 0.00000272. The summed E-state index contributed by atoms with van der Waals surface area (Å²) in [5.41, 5.74) is 4.82. The molecule has 8 heteroatoms. The Morgan fingerprint density at radius 2 is 1.84 bits per heavy atom. The number of anilines is 1. The molecule has 0 radical (unpaired) electrons. The zero-order chi connectivity index (χ0) is 21.1. The molecule has 1 aromatic heterocycles. The van der Waals surface area contributed by atoms with Crippen molar-refractivity contribution in [3.8, 4) is 6.07 Å². The molecule has 0 aliphatic carbocycles. The number of carbonyl (C=O) groups is 1.